The van der Waals surface area contributed by atoms with Crippen LogP contribution in [0.2, 0.25) is 5.02 Å². The summed E-state index contributed by atoms with van der Waals surface area (Å²) < 4.78 is 37.2. The Morgan fingerprint density at radius 2 is 1.95 bits per heavy atom. The molecule has 0 radical (unpaired) electrons. The van der Waals surface area contributed by atoms with Crippen LogP contribution in [0.3, 0.4) is 0 Å². The Labute approximate surface area is 116 Å². The average molecular weight is 292 g/mol. The quantitative estimate of drug-likeness (QED) is 0.781. The number of hydrogen-bond donors (Lipinski definition) is 0. The molecule has 1 heterocycles. The number of nitrogens with zero attached hydrogens (tertiary/aromatic N) is 1. The first-order valence-electron chi connectivity index (χ1n) is 6.36. The summed E-state index contributed by atoms with van der Waals surface area (Å²) in [6, 6.07) is 3.88. The molecule has 0 unspecified atom stereocenters. The highest BCUT2D eigenvalue weighted by atomic mass is 35.5. The van der Waals surface area contributed by atoms with Gasteiger partial charge in [-0.05, 0) is 35.1 Å². The van der Waals surface area contributed by atoms with Crippen molar-refractivity contribution >= 4 is 11.6 Å². The van der Waals surface area contributed by atoms with Gasteiger partial charge in [0.1, 0.15) is 0 Å². The van der Waals surface area contributed by atoms with E-state index in [0.29, 0.717) is 30.5 Å². The van der Waals surface area contributed by atoms with Crippen LogP contribution in [0.15, 0.2) is 12.1 Å². The maximum Gasteiger partial charge on any atom is 0.401 e. The zero-order valence-electron chi connectivity index (χ0n) is 11.0. The van der Waals surface area contributed by atoms with E-state index in [4.69, 9.17) is 11.6 Å². The van der Waals surface area contributed by atoms with Crippen LogP contribution in [0.1, 0.15) is 36.5 Å². The average Bonchev–Trinajstić information content (AvgIpc) is 2.25. The van der Waals surface area contributed by atoms with Gasteiger partial charge in [-0.3, -0.25) is 4.90 Å². The molecular weight excluding hydrogens is 275 g/mol. The van der Waals surface area contributed by atoms with E-state index in [2.05, 4.69) is 13.8 Å². The molecule has 1 aromatic carbocycles. The van der Waals surface area contributed by atoms with Crippen LogP contribution in [-0.4, -0.2) is 24.2 Å². The van der Waals surface area contributed by atoms with Crippen molar-refractivity contribution in [2.45, 2.75) is 38.9 Å². The number of alkyl halides is 3. The summed E-state index contributed by atoms with van der Waals surface area (Å²) in [5.74, 6) is 0.325. The summed E-state index contributed by atoms with van der Waals surface area (Å²) in [4.78, 5) is 1.42. The van der Waals surface area contributed by atoms with Gasteiger partial charge in [0.25, 0.3) is 0 Å². The fourth-order valence-electron chi connectivity index (χ4n) is 2.49. The van der Waals surface area contributed by atoms with Crippen molar-refractivity contribution in [2.24, 2.45) is 0 Å². The molecule has 0 bridgehead atoms. The lowest BCUT2D eigenvalue weighted by Gasteiger charge is -2.30. The smallest absolute Gasteiger partial charge is 0.290 e. The van der Waals surface area contributed by atoms with Gasteiger partial charge in [-0.2, -0.15) is 13.2 Å². The molecule has 1 aliphatic heterocycles. The van der Waals surface area contributed by atoms with Crippen molar-refractivity contribution in [3.63, 3.8) is 0 Å². The molecule has 0 amide bonds. The Kier molecular flexibility index (Phi) is 4.11. The van der Waals surface area contributed by atoms with Crippen LogP contribution in [0.25, 0.3) is 0 Å². The van der Waals surface area contributed by atoms with E-state index in [-0.39, 0.29) is 0 Å². The maximum atomic E-state index is 12.4. The Balaban J connectivity index is 2.20. The first-order valence-corrected chi connectivity index (χ1v) is 6.74. The van der Waals surface area contributed by atoms with Crippen LogP contribution in [0.4, 0.5) is 13.2 Å². The molecule has 0 atom stereocenters. The van der Waals surface area contributed by atoms with E-state index in [9.17, 15) is 13.2 Å². The minimum Gasteiger partial charge on any atom is -0.290 e. The zero-order chi connectivity index (χ0) is 14.2. The minimum atomic E-state index is -4.14. The van der Waals surface area contributed by atoms with Crippen molar-refractivity contribution in [1.29, 1.82) is 0 Å². The van der Waals surface area contributed by atoms with Gasteiger partial charge in [0.15, 0.2) is 0 Å². The van der Waals surface area contributed by atoms with Crippen LogP contribution in [-0.2, 0) is 13.0 Å². The SMILES string of the molecule is CC(C)c1cc2c(cc1Cl)CN(CC(F)(F)F)CC2. The van der Waals surface area contributed by atoms with E-state index in [1.165, 1.54) is 4.90 Å². The molecule has 1 nitrogen and oxygen atoms in total. The molecule has 5 heteroatoms. The van der Waals surface area contributed by atoms with Crippen molar-refractivity contribution < 1.29 is 13.2 Å². The number of fused-ring (bicyclic) bond motifs is 1. The Morgan fingerprint density at radius 3 is 2.53 bits per heavy atom. The largest absolute Gasteiger partial charge is 0.401 e. The van der Waals surface area contributed by atoms with Gasteiger partial charge < -0.3 is 0 Å². The third-order valence-corrected chi connectivity index (χ3v) is 3.76. The fraction of sp³-hybridized carbons (Fsp3) is 0.571. The van der Waals surface area contributed by atoms with E-state index in [0.717, 1.165) is 16.7 Å². The monoisotopic (exact) mass is 291 g/mol. The lowest BCUT2D eigenvalue weighted by atomic mass is 9.93. The number of benzene rings is 1. The predicted octanol–water partition coefficient (Wildman–Crippen LogP) is 4.38. The number of rotatable bonds is 2. The Bertz CT molecular complexity index is 468. The van der Waals surface area contributed by atoms with Crippen molar-refractivity contribution in [2.75, 3.05) is 13.1 Å². The number of hydrogen-bond acceptors (Lipinski definition) is 1. The van der Waals surface area contributed by atoms with Crippen LogP contribution < -0.4 is 0 Å². The van der Waals surface area contributed by atoms with Crippen LogP contribution in [0.5, 0.6) is 0 Å². The molecule has 19 heavy (non-hydrogen) atoms. The third kappa shape index (κ3) is 3.63. The standard InChI is InChI=1S/C14H17ClF3N/c1-9(2)12-5-10-3-4-19(8-14(16,17)18)7-11(10)6-13(12)15/h5-6,9H,3-4,7-8H2,1-2H3. The molecular formula is C14H17ClF3N. The summed E-state index contributed by atoms with van der Waals surface area (Å²) in [5.41, 5.74) is 3.13. The molecule has 0 saturated carbocycles. The van der Waals surface area contributed by atoms with Gasteiger partial charge in [-0.15, -0.1) is 0 Å². The van der Waals surface area contributed by atoms with Crippen molar-refractivity contribution in [1.82, 2.24) is 4.90 Å². The van der Waals surface area contributed by atoms with E-state index in [1.807, 2.05) is 12.1 Å². The highest BCUT2D eigenvalue weighted by Gasteiger charge is 2.32. The zero-order valence-corrected chi connectivity index (χ0v) is 11.8. The molecule has 0 aliphatic carbocycles. The topological polar surface area (TPSA) is 3.24 Å². The van der Waals surface area contributed by atoms with Gasteiger partial charge >= 0.3 is 6.18 Å². The predicted molar refractivity (Wildman–Crippen MR) is 70.6 cm³/mol. The van der Waals surface area contributed by atoms with Gasteiger partial charge in [0.2, 0.25) is 0 Å². The minimum absolute atomic E-state index is 0.325. The molecule has 2 rings (SSSR count). The third-order valence-electron chi connectivity index (χ3n) is 3.44. The Hall–Kier alpha value is -0.740. The second kappa shape index (κ2) is 5.33. The lowest BCUT2D eigenvalue weighted by Crippen LogP contribution is -2.38. The fourth-order valence-corrected chi connectivity index (χ4v) is 2.89. The van der Waals surface area contributed by atoms with E-state index in [1.54, 1.807) is 0 Å². The second-order valence-electron chi connectivity index (χ2n) is 5.37. The summed E-state index contributed by atoms with van der Waals surface area (Å²) in [6.45, 7) is 4.05. The van der Waals surface area contributed by atoms with Crippen molar-refractivity contribution in [3.8, 4) is 0 Å². The second-order valence-corrected chi connectivity index (χ2v) is 5.78. The van der Waals surface area contributed by atoms with Gasteiger partial charge in [0, 0.05) is 18.1 Å². The first-order chi connectivity index (χ1) is 8.76. The van der Waals surface area contributed by atoms with E-state index < -0.39 is 12.7 Å². The van der Waals surface area contributed by atoms with E-state index >= 15 is 0 Å². The van der Waals surface area contributed by atoms with Gasteiger partial charge in [-0.25, -0.2) is 0 Å². The molecule has 0 aromatic heterocycles. The molecule has 0 saturated heterocycles. The highest BCUT2D eigenvalue weighted by molar-refractivity contribution is 6.31. The number of halogens is 4. The van der Waals surface area contributed by atoms with Gasteiger partial charge in [-0.1, -0.05) is 31.5 Å². The first kappa shape index (κ1) is 14.7. The van der Waals surface area contributed by atoms with Crippen LogP contribution in [0, 0.1) is 0 Å². The Morgan fingerprint density at radius 1 is 1.26 bits per heavy atom. The normalized spacial score (nSPS) is 16.8. The van der Waals surface area contributed by atoms with Crippen LogP contribution >= 0.6 is 11.6 Å². The molecule has 1 aliphatic rings. The maximum absolute atomic E-state index is 12.4. The molecule has 1 aromatic rings. The van der Waals surface area contributed by atoms with Gasteiger partial charge in [0.05, 0.1) is 6.54 Å². The summed E-state index contributed by atoms with van der Waals surface area (Å²) in [7, 11) is 0. The van der Waals surface area contributed by atoms with Crippen molar-refractivity contribution in [3.05, 3.63) is 33.8 Å². The summed E-state index contributed by atoms with van der Waals surface area (Å²) in [5, 5.41) is 0.655. The molecule has 106 valence electrons. The molecule has 0 N–H and O–H groups in total. The lowest BCUT2D eigenvalue weighted by molar-refractivity contribution is -0.147. The summed E-state index contributed by atoms with van der Waals surface area (Å²) >= 11 is 6.20. The molecule has 0 fully saturated rings. The summed E-state index contributed by atoms with van der Waals surface area (Å²) in [6.07, 6.45) is -3.48. The highest BCUT2D eigenvalue weighted by Crippen LogP contribution is 2.31. The molecule has 0 spiro atoms.